The van der Waals surface area contributed by atoms with Gasteiger partial charge in [-0.15, -0.1) is 0 Å². The number of carbonyl (C=O) groups excluding carboxylic acids is 1. The van der Waals surface area contributed by atoms with Crippen LogP contribution in [0.5, 0.6) is 0 Å². The topological polar surface area (TPSA) is 59.3 Å². The van der Waals surface area contributed by atoms with E-state index in [-0.39, 0.29) is 5.91 Å². The monoisotopic (exact) mass is 372 g/mol. The molecular formula is C17H17BrN4O. The SMILES string of the molecule is CCC(=O)Nc1ccc(-c2cn3c(C)c(Br)c(C)nc3n2)cc1. The van der Waals surface area contributed by atoms with Crippen LogP contribution >= 0.6 is 15.9 Å². The molecule has 2 heterocycles. The lowest BCUT2D eigenvalue weighted by molar-refractivity contribution is -0.115. The fourth-order valence-electron chi connectivity index (χ4n) is 2.38. The molecule has 0 atom stereocenters. The van der Waals surface area contributed by atoms with E-state index < -0.39 is 0 Å². The molecular weight excluding hydrogens is 356 g/mol. The van der Waals surface area contributed by atoms with Gasteiger partial charge in [-0.1, -0.05) is 19.1 Å². The van der Waals surface area contributed by atoms with Crippen LogP contribution in [0.3, 0.4) is 0 Å². The number of fused-ring (bicyclic) bond motifs is 1. The highest BCUT2D eigenvalue weighted by Crippen LogP contribution is 2.25. The molecule has 0 bridgehead atoms. The minimum Gasteiger partial charge on any atom is -0.326 e. The second-order valence-corrected chi connectivity index (χ2v) is 6.16. The van der Waals surface area contributed by atoms with Crippen molar-refractivity contribution in [2.45, 2.75) is 27.2 Å². The van der Waals surface area contributed by atoms with Crippen molar-refractivity contribution in [2.24, 2.45) is 0 Å². The van der Waals surface area contributed by atoms with E-state index in [0.29, 0.717) is 12.2 Å². The molecule has 3 aromatic rings. The van der Waals surface area contributed by atoms with Crippen molar-refractivity contribution in [1.82, 2.24) is 14.4 Å². The standard InChI is InChI=1S/C17H17BrN4O/c1-4-15(23)20-13-7-5-12(6-8-13)14-9-22-11(3)16(18)10(2)19-17(22)21-14/h5-9H,4H2,1-3H3,(H,20,23). The van der Waals surface area contributed by atoms with E-state index in [9.17, 15) is 4.79 Å². The molecule has 2 aromatic heterocycles. The number of amides is 1. The molecule has 0 fully saturated rings. The van der Waals surface area contributed by atoms with Crippen molar-refractivity contribution in [3.05, 3.63) is 46.3 Å². The predicted molar refractivity (Wildman–Crippen MR) is 94.5 cm³/mol. The second-order valence-electron chi connectivity index (χ2n) is 5.37. The van der Waals surface area contributed by atoms with Gasteiger partial charge < -0.3 is 5.32 Å². The highest BCUT2D eigenvalue weighted by Gasteiger charge is 2.11. The van der Waals surface area contributed by atoms with E-state index in [1.807, 2.05) is 55.6 Å². The van der Waals surface area contributed by atoms with Crippen molar-refractivity contribution in [3.63, 3.8) is 0 Å². The summed E-state index contributed by atoms with van der Waals surface area (Å²) in [6.45, 7) is 5.81. The Bertz CT molecular complexity index is 884. The summed E-state index contributed by atoms with van der Waals surface area (Å²) < 4.78 is 2.96. The number of aryl methyl sites for hydroxylation is 2. The third kappa shape index (κ3) is 2.99. The largest absolute Gasteiger partial charge is 0.326 e. The number of nitrogens with one attached hydrogen (secondary N) is 1. The van der Waals surface area contributed by atoms with Crippen molar-refractivity contribution in [1.29, 1.82) is 0 Å². The minimum absolute atomic E-state index is 0.00521. The summed E-state index contributed by atoms with van der Waals surface area (Å²) in [5, 5.41) is 2.84. The number of halogens is 1. The van der Waals surface area contributed by atoms with E-state index in [0.717, 1.165) is 32.8 Å². The molecule has 23 heavy (non-hydrogen) atoms. The van der Waals surface area contributed by atoms with Crippen LogP contribution in [-0.4, -0.2) is 20.3 Å². The number of benzene rings is 1. The maximum atomic E-state index is 11.4. The molecule has 0 saturated carbocycles. The molecule has 5 nitrogen and oxygen atoms in total. The first-order chi connectivity index (χ1) is 11.0. The molecule has 0 aliphatic heterocycles. The zero-order valence-electron chi connectivity index (χ0n) is 13.2. The molecule has 1 aromatic carbocycles. The summed E-state index contributed by atoms with van der Waals surface area (Å²) >= 11 is 3.55. The average Bonchev–Trinajstić information content (AvgIpc) is 2.97. The molecule has 0 aliphatic rings. The Labute approximate surface area is 142 Å². The van der Waals surface area contributed by atoms with Gasteiger partial charge in [0.1, 0.15) is 0 Å². The fraction of sp³-hybridized carbons (Fsp3) is 0.235. The first-order valence-corrected chi connectivity index (χ1v) is 8.21. The van der Waals surface area contributed by atoms with Crippen molar-refractivity contribution < 1.29 is 4.79 Å². The Balaban J connectivity index is 1.97. The quantitative estimate of drug-likeness (QED) is 0.751. The van der Waals surface area contributed by atoms with Crippen molar-refractivity contribution in [3.8, 4) is 11.3 Å². The van der Waals surface area contributed by atoms with Crippen molar-refractivity contribution in [2.75, 3.05) is 5.32 Å². The Morgan fingerprint density at radius 3 is 2.57 bits per heavy atom. The molecule has 0 saturated heterocycles. The van der Waals surface area contributed by atoms with E-state index in [4.69, 9.17) is 0 Å². The van der Waals surface area contributed by atoms with Crippen molar-refractivity contribution >= 4 is 33.3 Å². The first kappa shape index (κ1) is 15.7. The van der Waals surface area contributed by atoms with Crippen LogP contribution in [0.25, 0.3) is 17.0 Å². The molecule has 6 heteroatoms. The summed E-state index contributed by atoms with van der Waals surface area (Å²) in [5.41, 5.74) is 4.62. The van der Waals surface area contributed by atoms with Crippen LogP contribution in [0.1, 0.15) is 24.7 Å². The van der Waals surface area contributed by atoms with Gasteiger partial charge in [0.15, 0.2) is 0 Å². The summed E-state index contributed by atoms with van der Waals surface area (Å²) in [7, 11) is 0. The van der Waals surface area contributed by atoms with Crippen LogP contribution in [0.4, 0.5) is 5.69 Å². The predicted octanol–water partition coefficient (Wildman–Crippen LogP) is 4.12. The van der Waals surface area contributed by atoms with Crippen LogP contribution in [0.15, 0.2) is 34.9 Å². The summed E-state index contributed by atoms with van der Waals surface area (Å²) in [5.74, 6) is 0.687. The maximum absolute atomic E-state index is 11.4. The molecule has 0 spiro atoms. The number of imidazole rings is 1. The van der Waals surface area contributed by atoms with E-state index in [1.165, 1.54) is 0 Å². The van der Waals surface area contributed by atoms with Gasteiger partial charge >= 0.3 is 0 Å². The van der Waals surface area contributed by atoms with Gasteiger partial charge in [0.2, 0.25) is 11.7 Å². The molecule has 0 aliphatic carbocycles. The molecule has 1 N–H and O–H groups in total. The first-order valence-electron chi connectivity index (χ1n) is 7.41. The number of hydrogen-bond donors (Lipinski definition) is 1. The lowest BCUT2D eigenvalue weighted by atomic mass is 10.1. The number of aromatic nitrogens is 3. The fourth-order valence-corrected chi connectivity index (χ4v) is 2.66. The van der Waals surface area contributed by atoms with Crippen LogP contribution in [0, 0.1) is 13.8 Å². The number of nitrogens with zero attached hydrogens (tertiary/aromatic N) is 3. The van der Waals surface area contributed by atoms with Gasteiger partial charge in [0, 0.05) is 29.6 Å². The highest BCUT2D eigenvalue weighted by molar-refractivity contribution is 9.10. The van der Waals surface area contributed by atoms with Gasteiger partial charge in [0.05, 0.1) is 15.9 Å². The summed E-state index contributed by atoms with van der Waals surface area (Å²) in [4.78, 5) is 20.5. The van der Waals surface area contributed by atoms with Gasteiger partial charge in [-0.2, -0.15) is 0 Å². The normalized spacial score (nSPS) is 11.0. The smallest absolute Gasteiger partial charge is 0.234 e. The Hall–Kier alpha value is -2.21. The zero-order valence-corrected chi connectivity index (χ0v) is 14.8. The van der Waals surface area contributed by atoms with E-state index >= 15 is 0 Å². The summed E-state index contributed by atoms with van der Waals surface area (Å²) in [6.07, 6.45) is 2.44. The number of rotatable bonds is 3. The lowest BCUT2D eigenvalue weighted by Crippen LogP contribution is -2.08. The minimum atomic E-state index is 0.00521. The molecule has 0 radical (unpaired) electrons. The van der Waals surface area contributed by atoms with Gasteiger partial charge in [-0.3, -0.25) is 9.20 Å². The third-order valence-corrected chi connectivity index (χ3v) is 4.88. The number of hydrogen-bond acceptors (Lipinski definition) is 3. The third-order valence-electron chi connectivity index (χ3n) is 3.74. The van der Waals surface area contributed by atoms with E-state index in [2.05, 4.69) is 31.2 Å². The Morgan fingerprint density at radius 2 is 1.91 bits per heavy atom. The van der Waals surface area contributed by atoms with Gasteiger partial charge in [-0.05, 0) is 41.9 Å². The van der Waals surface area contributed by atoms with Crippen LogP contribution < -0.4 is 5.32 Å². The molecule has 118 valence electrons. The molecule has 3 rings (SSSR count). The second kappa shape index (κ2) is 6.12. The average molecular weight is 373 g/mol. The number of carbonyl (C=O) groups is 1. The highest BCUT2D eigenvalue weighted by atomic mass is 79.9. The molecule has 0 unspecified atom stereocenters. The Kier molecular flexibility index (Phi) is 4.17. The molecule has 1 amide bonds. The summed E-state index contributed by atoms with van der Waals surface area (Å²) in [6, 6.07) is 7.66. The van der Waals surface area contributed by atoms with Crippen LogP contribution in [0.2, 0.25) is 0 Å². The zero-order chi connectivity index (χ0) is 16.6. The van der Waals surface area contributed by atoms with Gasteiger partial charge in [0.25, 0.3) is 0 Å². The van der Waals surface area contributed by atoms with Gasteiger partial charge in [-0.25, -0.2) is 9.97 Å². The lowest BCUT2D eigenvalue weighted by Gasteiger charge is -2.04. The Morgan fingerprint density at radius 1 is 1.22 bits per heavy atom. The number of anilines is 1. The van der Waals surface area contributed by atoms with Crippen LogP contribution in [-0.2, 0) is 4.79 Å². The van der Waals surface area contributed by atoms with E-state index in [1.54, 1.807) is 0 Å². The maximum Gasteiger partial charge on any atom is 0.234 e.